The molecule has 2 nitrogen and oxygen atoms in total. The lowest BCUT2D eigenvalue weighted by atomic mass is 10.1. The summed E-state index contributed by atoms with van der Waals surface area (Å²) in [5.74, 6) is 0. The van der Waals surface area contributed by atoms with Crippen LogP contribution in [0.25, 0.3) is 0 Å². The second kappa shape index (κ2) is 5.19. The van der Waals surface area contributed by atoms with E-state index in [4.69, 9.17) is 18.0 Å². The number of nitrogens with two attached hydrogens (primary N) is 1. The predicted molar refractivity (Wildman–Crippen MR) is 81.5 cm³/mol. The van der Waals surface area contributed by atoms with Crippen molar-refractivity contribution in [1.82, 2.24) is 0 Å². The van der Waals surface area contributed by atoms with Crippen molar-refractivity contribution in [3.8, 4) is 0 Å². The molecule has 0 saturated carbocycles. The van der Waals surface area contributed by atoms with E-state index in [-0.39, 0.29) is 0 Å². The minimum Gasteiger partial charge on any atom is -0.389 e. The largest absolute Gasteiger partial charge is 0.389 e. The van der Waals surface area contributed by atoms with Gasteiger partial charge in [0.15, 0.2) is 0 Å². The summed E-state index contributed by atoms with van der Waals surface area (Å²) in [6, 6.07) is 14.1. The number of hydrogen-bond donors (Lipinski definition) is 2. The highest BCUT2D eigenvalue weighted by molar-refractivity contribution is 7.80. The van der Waals surface area contributed by atoms with E-state index in [2.05, 4.69) is 37.4 Å². The molecule has 2 aromatic carbocycles. The number of hydrogen-bond acceptors (Lipinski definition) is 2. The molecule has 0 aromatic heterocycles. The smallest absolute Gasteiger partial charge is 0.106 e. The number of nitrogens with one attached hydrogen (secondary N) is 1. The van der Waals surface area contributed by atoms with Gasteiger partial charge in [0.2, 0.25) is 0 Å². The molecule has 0 fully saturated rings. The summed E-state index contributed by atoms with van der Waals surface area (Å²) in [5, 5.41) is 3.40. The van der Waals surface area contributed by atoms with Crippen LogP contribution < -0.4 is 11.1 Å². The normalized spacial score (nSPS) is 10.1. The Morgan fingerprint density at radius 1 is 1.06 bits per heavy atom. The first-order valence-corrected chi connectivity index (χ1v) is 6.22. The third-order valence-electron chi connectivity index (χ3n) is 2.85. The maximum Gasteiger partial charge on any atom is 0.106 e. The molecule has 0 saturated heterocycles. The Morgan fingerprint density at radius 2 is 1.78 bits per heavy atom. The molecule has 3 N–H and O–H groups in total. The summed E-state index contributed by atoms with van der Waals surface area (Å²) in [6.07, 6.45) is 0. The van der Waals surface area contributed by atoms with E-state index in [0.29, 0.717) is 4.99 Å². The third-order valence-corrected chi connectivity index (χ3v) is 3.07. The molecule has 0 aliphatic heterocycles. The van der Waals surface area contributed by atoms with Gasteiger partial charge in [-0.1, -0.05) is 36.5 Å². The molecule has 2 aromatic rings. The summed E-state index contributed by atoms with van der Waals surface area (Å²) in [5.41, 5.74) is 11.0. The molecule has 0 spiro atoms. The molecular weight excluding hydrogens is 240 g/mol. The molecule has 18 heavy (non-hydrogen) atoms. The Hall–Kier alpha value is -1.87. The van der Waals surface area contributed by atoms with Crippen LogP contribution in [0.5, 0.6) is 0 Å². The second-order valence-electron chi connectivity index (χ2n) is 4.35. The van der Waals surface area contributed by atoms with Crippen molar-refractivity contribution in [3.05, 3.63) is 59.2 Å². The SMILES string of the molecule is Cc1ccc(C)c(Nc2ccccc2C(N)=S)c1. The highest BCUT2D eigenvalue weighted by Crippen LogP contribution is 2.24. The Morgan fingerprint density at radius 3 is 2.50 bits per heavy atom. The fraction of sp³-hybridized carbons (Fsp3) is 0.133. The average Bonchev–Trinajstić information content (AvgIpc) is 2.34. The monoisotopic (exact) mass is 256 g/mol. The molecule has 92 valence electrons. The topological polar surface area (TPSA) is 38.0 Å². The number of aryl methyl sites for hydroxylation is 2. The Bertz CT molecular complexity index is 591. The van der Waals surface area contributed by atoms with Gasteiger partial charge in [0.05, 0.1) is 0 Å². The number of benzene rings is 2. The average molecular weight is 256 g/mol. The summed E-state index contributed by atoms with van der Waals surface area (Å²) in [7, 11) is 0. The molecule has 0 atom stereocenters. The Balaban J connectivity index is 2.40. The van der Waals surface area contributed by atoms with Gasteiger partial charge < -0.3 is 11.1 Å². The number of anilines is 2. The minimum absolute atomic E-state index is 0.406. The number of para-hydroxylation sites is 1. The first-order valence-electron chi connectivity index (χ1n) is 5.81. The van der Waals surface area contributed by atoms with Gasteiger partial charge in [0.25, 0.3) is 0 Å². The lowest BCUT2D eigenvalue weighted by Gasteiger charge is -2.13. The van der Waals surface area contributed by atoms with Gasteiger partial charge in [-0.2, -0.15) is 0 Å². The van der Waals surface area contributed by atoms with Crippen molar-refractivity contribution in [3.63, 3.8) is 0 Å². The van der Waals surface area contributed by atoms with Crippen LogP contribution in [0.2, 0.25) is 0 Å². The zero-order valence-electron chi connectivity index (χ0n) is 10.5. The van der Waals surface area contributed by atoms with Crippen LogP contribution in [0.4, 0.5) is 11.4 Å². The Kier molecular flexibility index (Phi) is 3.63. The van der Waals surface area contributed by atoms with Crippen LogP contribution >= 0.6 is 12.2 Å². The molecule has 0 radical (unpaired) electrons. The zero-order chi connectivity index (χ0) is 13.1. The van der Waals surface area contributed by atoms with Crippen molar-refractivity contribution in [1.29, 1.82) is 0 Å². The third kappa shape index (κ3) is 2.68. The van der Waals surface area contributed by atoms with Crippen molar-refractivity contribution in [2.75, 3.05) is 5.32 Å². The van der Waals surface area contributed by atoms with Gasteiger partial charge in [-0.3, -0.25) is 0 Å². The van der Waals surface area contributed by atoms with E-state index >= 15 is 0 Å². The van der Waals surface area contributed by atoms with Gasteiger partial charge in [0.1, 0.15) is 4.99 Å². The fourth-order valence-electron chi connectivity index (χ4n) is 1.82. The highest BCUT2D eigenvalue weighted by Gasteiger charge is 2.05. The summed E-state index contributed by atoms with van der Waals surface area (Å²) in [4.78, 5) is 0.406. The fourth-order valence-corrected chi connectivity index (χ4v) is 2.00. The molecular formula is C15H16N2S. The molecule has 0 unspecified atom stereocenters. The van der Waals surface area contributed by atoms with E-state index in [1.165, 1.54) is 11.1 Å². The van der Waals surface area contributed by atoms with Crippen molar-refractivity contribution < 1.29 is 0 Å². The van der Waals surface area contributed by atoms with Gasteiger partial charge in [-0.15, -0.1) is 0 Å². The molecule has 2 rings (SSSR count). The molecule has 0 aliphatic carbocycles. The van der Waals surface area contributed by atoms with Crippen LogP contribution in [-0.2, 0) is 0 Å². The van der Waals surface area contributed by atoms with Crippen molar-refractivity contribution in [2.24, 2.45) is 5.73 Å². The van der Waals surface area contributed by atoms with E-state index < -0.39 is 0 Å². The van der Waals surface area contributed by atoms with E-state index in [0.717, 1.165) is 16.9 Å². The van der Waals surface area contributed by atoms with Gasteiger partial charge in [-0.05, 0) is 43.2 Å². The molecule has 0 amide bonds. The number of thiocarbonyl (C=S) groups is 1. The van der Waals surface area contributed by atoms with E-state index in [1.807, 2.05) is 24.3 Å². The van der Waals surface area contributed by atoms with Crippen LogP contribution in [0, 0.1) is 13.8 Å². The maximum absolute atomic E-state index is 5.73. The lowest BCUT2D eigenvalue weighted by Crippen LogP contribution is -2.11. The number of rotatable bonds is 3. The van der Waals surface area contributed by atoms with Gasteiger partial charge in [-0.25, -0.2) is 0 Å². The molecule has 3 heteroatoms. The standard InChI is InChI=1S/C15H16N2S/c1-10-7-8-11(2)14(9-10)17-13-6-4-3-5-12(13)15(16)18/h3-9,17H,1-2H3,(H2,16,18). The van der Waals surface area contributed by atoms with Crippen LogP contribution in [0.3, 0.4) is 0 Å². The van der Waals surface area contributed by atoms with E-state index in [9.17, 15) is 0 Å². The maximum atomic E-state index is 5.73. The highest BCUT2D eigenvalue weighted by atomic mass is 32.1. The lowest BCUT2D eigenvalue weighted by molar-refractivity contribution is 1.37. The molecule has 0 aliphatic rings. The molecule has 0 heterocycles. The zero-order valence-corrected chi connectivity index (χ0v) is 11.3. The van der Waals surface area contributed by atoms with Crippen molar-refractivity contribution >= 4 is 28.6 Å². The second-order valence-corrected chi connectivity index (χ2v) is 4.79. The van der Waals surface area contributed by atoms with Gasteiger partial charge >= 0.3 is 0 Å². The van der Waals surface area contributed by atoms with Gasteiger partial charge in [0, 0.05) is 16.9 Å². The van der Waals surface area contributed by atoms with Crippen LogP contribution in [0.15, 0.2) is 42.5 Å². The Labute approximate surface area is 113 Å². The summed E-state index contributed by atoms with van der Waals surface area (Å²) < 4.78 is 0. The van der Waals surface area contributed by atoms with Crippen molar-refractivity contribution in [2.45, 2.75) is 13.8 Å². The quantitative estimate of drug-likeness (QED) is 0.823. The van der Waals surface area contributed by atoms with E-state index in [1.54, 1.807) is 0 Å². The molecule has 0 bridgehead atoms. The first-order chi connectivity index (χ1) is 8.58. The first kappa shape index (κ1) is 12.6. The van der Waals surface area contributed by atoms with Crippen LogP contribution in [0.1, 0.15) is 16.7 Å². The van der Waals surface area contributed by atoms with Crippen LogP contribution in [-0.4, -0.2) is 4.99 Å². The minimum atomic E-state index is 0.406. The summed E-state index contributed by atoms with van der Waals surface area (Å²) >= 11 is 5.06. The predicted octanol–water partition coefficient (Wildman–Crippen LogP) is 3.68. The summed E-state index contributed by atoms with van der Waals surface area (Å²) in [6.45, 7) is 4.15.